The van der Waals surface area contributed by atoms with Crippen LogP contribution in [0.2, 0.25) is 0 Å². The van der Waals surface area contributed by atoms with Gasteiger partial charge in [-0.3, -0.25) is 19.3 Å². The summed E-state index contributed by atoms with van der Waals surface area (Å²) in [6, 6.07) is 12.2. The number of pyridine rings is 1. The molecule has 2 aromatic heterocycles. The quantitative estimate of drug-likeness (QED) is 0.606. The van der Waals surface area contributed by atoms with E-state index in [4.69, 9.17) is 0 Å². The van der Waals surface area contributed by atoms with Crippen molar-refractivity contribution in [2.24, 2.45) is 5.41 Å². The number of likely N-dealkylation sites (tertiary alicyclic amines) is 1. The smallest absolute Gasteiger partial charge is 0.244 e. The van der Waals surface area contributed by atoms with Crippen LogP contribution in [0.25, 0.3) is 11.1 Å². The largest absolute Gasteiger partial charge is 0.353 e. The summed E-state index contributed by atoms with van der Waals surface area (Å²) in [5.41, 5.74) is 3.54. The van der Waals surface area contributed by atoms with Gasteiger partial charge in [0.25, 0.3) is 0 Å². The van der Waals surface area contributed by atoms with E-state index < -0.39 is 5.41 Å². The SMILES string of the molecule is Cc1cnn(CC(=O)N2CC[C@@](Cc3cccc(-c4cccnc4)c3)(C(=O)NC(C)C)C2)c1. The first kappa shape index (κ1) is 22.7. The van der Waals surface area contributed by atoms with Gasteiger partial charge in [-0.2, -0.15) is 5.10 Å². The van der Waals surface area contributed by atoms with Crippen LogP contribution in [0.4, 0.5) is 0 Å². The maximum atomic E-state index is 13.4. The van der Waals surface area contributed by atoms with E-state index in [1.165, 1.54) is 0 Å². The van der Waals surface area contributed by atoms with Crippen molar-refractivity contribution in [1.29, 1.82) is 0 Å². The molecule has 7 nitrogen and oxygen atoms in total. The molecule has 0 bridgehead atoms. The molecule has 0 radical (unpaired) electrons. The number of carbonyl (C=O) groups excluding carboxylic acids is 2. The summed E-state index contributed by atoms with van der Waals surface area (Å²) in [4.78, 5) is 32.4. The zero-order valence-electron chi connectivity index (χ0n) is 19.5. The third-order valence-electron chi connectivity index (χ3n) is 6.13. The Morgan fingerprint density at radius 1 is 1.15 bits per heavy atom. The standard InChI is InChI=1S/C26H31N5O2/c1-19(2)29-25(33)26(9-11-30(18-26)24(32)17-31-16-20(3)14-28-31)13-21-6-4-7-22(12-21)23-8-5-10-27-15-23/h4-8,10,12,14-16,19H,9,11,13,17-18H2,1-3H3,(H,29,33)/t26-/m0/s1. The molecule has 1 saturated heterocycles. The van der Waals surface area contributed by atoms with Gasteiger partial charge in [0.2, 0.25) is 11.8 Å². The first-order valence-corrected chi connectivity index (χ1v) is 11.4. The highest BCUT2D eigenvalue weighted by Gasteiger charge is 2.46. The predicted molar refractivity (Wildman–Crippen MR) is 127 cm³/mol. The lowest BCUT2D eigenvalue weighted by Gasteiger charge is -2.29. The van der Waals surface area contributed by atoms with E-state index in [2.05, 4.69) is 33.6 Å². The summed E-state index contributed by atoms with van der Waals surface area (Å²) < 4.78 is 1.66. The van der Waals surface area contributed by atoms with Crippen LogP contribution in [0.3, 0.4) is 0 Å². The highest BCUT2D eigenvalue weighted by atomic mass is 16.2. The minimum absolute atomic E-state index is 0.00881. The molecule has 1 atom stereocenters. The zero-order valence-corrected chi connectivity index (χ0v) is 19.5. The summed E-state index contributed by atoms with van der Waals surface area (Å²) in [5, 5.41) is 7.33. The van der Waals surface area contributed by atoms with Crippen LogP contribution in [0.5, 0.6) is 0 Å². The number of amides is 2. The van der Waals surface area contributed by atoms with Crippen molar-refractivity contribution in [1.82, 2.24) is 25.0 Å². The van der Waals surface area contributed by atoms with Gasteiger partial charge < -0.3 is 10.2 Å². The van der Waals surface area contributed by atoms with Gasteiger partial charge in [0.15, 0.2) is 0 Å². The van der Waals surface area contributed by atoms with Crippen LogP contribution in [-0.2, 0) is 22.6 Å². The van der Waals surface area contributed by atoms with Gasteiger partial charge >= 0.3 is 0 Å². The number of aromatic nitrogens is 3. The molecular weight excluding hydrogens is 414 g/mol. The molecule has 1 aliphatic heterocycles. The van der Waals surface area contributed by atoms with Crippen LogP contribution >= 0.6 is 0 Å². The van der Waals surface area contributed by atoms with Crippen molar-refractivity contribution in [3.8, 4) is 11.1 Å². The molecule has 1 aromatic carbocycles. The number of nitrogens with zero attached hydrogens (tertiary/aromatic N) is 4. The van der Waals surface area contributed by atoms with Gasteiger partial charge in [-0.1, -0.05) is 30.3 Å². The molecule has 1 fully saturated rings. The molecule has 2 amide bonds. The van der Waals surface area contributed by atoms with Crippen LogP contribution in [-0.4, -0.2) is 50.6 Å². The maximum absolute atomic E-state index is 13.4. The summed E-state index contributed by atoms with van der Waals surface area (Å²) in [6.07, 6.45) is 8.40. The number of benzene rings is 1. The summed E-state index contributed by atoms with van der Waals surface area (Å²) in [6.45, 7) is 7.03. The fourth-order valence-corrected chi connectivity index (χ4v) is 4.49. The van der Waals surface area contributed by atoms with Crippen LogP contribution in [0.1, 0.15) is 31.4 Å². The zero-order chi connectivity index (χ0) is 23.4. The summed E-state index contributed by atoms with van der Waals surface area (Å²) >= 11 is 0. The topological polar surface area (TPSA) is 80.1 Å². The Kier molecular flexibility index (Phi) is 6.58. The number of hydrogen-bond acceptors (Lipinski definition) is 4. The molecule has 7 heteroatoms. The highest BCUT2D eigenvalue weighted by Crippen LogP contribution is 2.36. The van der Waals surface area contributed by atoms with E-state index in [9.17, 15) is 9.59 Å². The second kappa shape index (κ2) is 9.57. The molecule has 1 aliphatic rings. The number of aryl methyl sites for hydroxylation is 1. The summed E-state index contributed by atoms with van der Waals surface area (Å²) in [5.74, 6) is -0.00375. The predicted octanol–water partition coefficient (Wildman–Crippen LogP) is 3.24. The first-order chi connectivity index (χ1) is 15.8. The average molecular weight is 446 g/mol. The van der Waals surface area contributed by atoms with Gasteiger partial charge in [-0.05, 0) is 61.9 Å². The van der Waals surface area contributed by atoms with Crippen LogP contribution in [0, 0.1) is 12.3 Å². The van der Waals surface area contributed by atoms with Gasteiger partial charge in [0, 0.05) is 37.7 Å². The fourth-order valence-electron chi connectivity index (χ4n) is 4.49. The third-order valence-corrected chi connectivity index (χ3v) is 6.13. The van der Waals surface area contributed by atoms with E-state index >= 15 is 0 Å². The second-order valence-corrected chi connectivity index (χ2v) is 9.31. The average Bonchev–Trinajstić information content (AvgIpc) is 3.41. The van der Waals surface area contributed by atoms with Crippen LogP contribution in [0.15, 0.2) is 61.2 Å². The minimum atomic E-state index is -0.659. The van der Waals surface area contributed by atoms with Crippen molar-refractivity contribution in [3.63, 3.8) is 0 Å². The lowest BCUT2D eigenvalue weighted by molar-refractivity contribution is -0.134. The molecular formula is C26H31N5O2. The van der Waals surface area contributed by atoms with E-state index in [0.717, 1.165) is 22.3 Å². The lowest BCUT2D eigenvalue weighted by atomic mass is 9.79. The molecule has 4 rings (SSSR count). The molecule has 3 aromatic rings. The van der Waals surface area contributed by atoms with E-state index in [1.807, 2.05) is 56.3 Å². The number of rotatable bonds is 7. The van der Waals surface area contributed by atoms with Crippen molar-refractivity contribution < 1.29 is 9.59 Å². The van der Waals surface area contributed by atoms with Gasteiger partial charge in [0.05, 0.1) is 11.6 Å². The van der Waals surface area contributed by atoms with E-state index in [-0.39, 0.29) is 24.4 Å². The van der Waals surface area contributed by atoms with Gasteiger partial charge in [-0.15, -0.1) is 0 Å². The molecule has 0 spiro atoms. The first-order valence-electron chi connectivity index (χ1n) is 11.4. The molecule has 0 saturated carbocycles. The van der Waals surface area contributed by atoms with Crippen molar-refractivity contribution in [3.05, 3.63) is 72.3 Å². The molecule has 0 unspecified atom stereocenters. The van der Waals surface area contributed by atoms with Crippen LogP contribution < -0.4 is 5.32 Å². The Bertz CT molecular complexity index is 1120. The molecule has 0 aliphatic carbocycles. The number of hydrogen-bond donors (Lipinski definition) is 1. The van der Waals surface area contributed by atoms with E-state index in [0.29, 0.717) is 25.9 Å². The van der Waals surface area contributed by atoms with Gasteiger partial charge in [0.1, 0.15) is 6.54 Å². The van der Waals surface area contributed by atoms with Crippen molar-refractivity contribution >= 4 is 11.8 Å². The monoisotopic (exact) mass is 445 g/mol. The number of nitrogens with one attached hydrogen (secondary N) is 1. The minimum Gasteiger partial charge on any atom is -0.353 e. The Morgan fingerprint density at radius 3 is 2.67 bits per heavy atom. The maximum Gasteiger partial charge on any atom is 0.244 e. The second-order valence-electron chi connectivity index (χ2n) is 9.31. The van der Waals surface area contributed by atoms with Crippen molar-refractivity contribution in [2.75, 3.05) is 13.1 Å². The number of carbonyl (C=O) groups is 2. The van der Waals surface area contributed by atoms with Crippen molar-refractivity contribution in [2.45, 2.75) is 46.2 Å². The Hall–Kier alpha value is -3.48. The molecule has 3 heterocycles. The normalized spacial score (nSPS) is 18.0. The Labute approximate surface area is 194 Å². The Morgan fingerprint density at radius 2 is 1.97 bits per heavy atom. The third kappa shape index (κ3) is 5.30. The van der Waals surface area contributed by atoms with Gasteiger partial charge in [-0.25, -0.2) is 0 Å². The Balaban J connectivity index is 1.56. The van der Waals surface area contributed by atoms with E-state index in [1.54, 1.807) is 17.1 Å². The molecule has 33 heavy (non-hydrogen) atoms. The highest BCUT2D eigenvalue weighted by molar-refractivity contribution is 5.86. The summed E-state index contributed by atoms with van der Waals surface area (Å²) in [7, 11) is 0. The molecule has 172 valence electrons. The fraction of sp³-hybridized carbons (Fsp3) is 0.385. The lowest BCUT2D eigenvalue weighted by Crippen LogP contribution is -2.47. The molecule has 1 N–H and O–H groups in total.